The van der Waals surface area contributed by atoms with E-state index in [4.69, 9.17) is 9.47 Å². The zero-order valence-electron chi connectivity index (χ0n) is 11.7. The molecule has 0 radical (unpaired) electrons. The van der Waals surface area contributed by atoms with Crippen LogP contribution < -0.4 is 10.1 Å². The van der Waals surface area contributed by atoms with Crippen LogP contribution in [0.3, 0.4) is 0 Å². The van der Waals surface area contributed by atoms with Gasteiger partial charge < -0.3 is 14.8 Å². The summed E-state index contributed by atoms with van der Waals surface area (Å²) in [6.45, 7) is 6.69. The summed E-state index contributed by atoms with van der Waals surface area (Å²) in [6, 6.07) is 8.39. The smallest absolute Gasteiger partial charge is 0.119 e. The lowest BCUT2D eigenvalue weighted by Gasteiger charge is -2.15. The highest BCUT2D eigenvalue weighted by molar-refractivity contribution is 5.27. The molecule has 1 aromatic rings. The van der Waals surface area contributed by atoms with E-state index in [1.807, 2.05) is 0 Å². The Labute approximate surface area is 110 Å². The molecular formula is C15H25NO2. The highest BCUT2D eigenvalue weighted by Crippen LogP contribution is 2.14. The van der Waals surface area contributed by atoms with Gasteiger partial charge in [0.15, 0.2) is 0 Å². The minimum absolute atomic E-state index is 0.166. The number of hydrogen-bond acceptors (Lipinski definition) is 3. The van der Waals surface area contributed by atoms with E-state index >= 15 is 0 Å². The molecule has 0 aliphatic rings. The van der Waals surface area contributed by atoms with Crippen molar-refractivity contribution in [2.45, 2.75) is 32.8 Å². The molecule has 0 bridgehead atoms. The van der Waals surface area contributed by atoms with Gasteiger partial charge in [0.2, 0.25) is 0 Å². The van der Waals surface area contributed by atoms with E-state index in [-0.39, 0.29) is 6.10 Å². The summed E-state index contributed by atoms with van der Waals surface area (Å²) in [6.07, 6.45) is 2.48. The van der Waals surface area contributed by atoms with Crippen molar-refractivity contribution in [1.29, 1.82) is 0 Å². The zero-order valence-corrected chi connectivity index (χ0v) is 11.7. The molecule has 3 nitrogen and oxygen atoms in total. The van der Waals surface area contributed by atoms with Gasteiger partial charge in [-0.1, -0.05) is 25.5 Å². The van der Waals surface area contributed by atoms with Crippen molar-refractivity contribution in [2.24, 2.45) is 0 Å². The van der Waals surface area contributed by atoms with Crippen molar-refractivity contribution in [3.8, 4) is 5.75 Å². The molecule has 1 atom stereocenters. The summed E-state index contributed by atoms with van der Waals surface area (Å²) >= 11 is 0. The Hall–Kier alpha value is -1.06. The Morgan fingerprint density at radius 1 is 1.22 bits per heavy atom. The monoisotopic (exact) mass is 251 g/mol. The van der Waals surface area contributed by atoms with Gasteiger partial charge in [-0.05, 0) is 31.0 Å². The van der Waals surface area contributed by atoms with Crippen LogP contribution in [-0.4, -0.2) is 32.9 Å². The molecule has 18 heavy (non-hydrogen) atoms. The second kappa shape index (κ2) is 8.95. The average Bonchev–Trinajstić information content (AvgIpc) is 2.37. The third-order valence-electron chi connectivity index (χ3n) is 2.71. The second-order valence-corrected chi connectivity index (χ2v) is 4.52. The van der Waals surface area contributed by atoms with E-state index in [0.717, 1.165) is 31.9 Å². The van der Waals surface area contributed by atoms with Crippen LogP contribution in [0.15, 0.2) is 24.3 Å². The number of hydrogen-bond donors (Lipinski definition) is 1. The quantitative estimate of drug-likeness (QED) is 0.684. The van der Waals surface area contributed by atoms with Crippen LogP contribution in [0.1, 0.15) is 25.8 Å². The first kappa shape index (κ1) is 15.0. The van der Waals surface area contributed by atoms with Crippen LogP contribution in [-0.2, 0) is 11.2 Å². The van der Waals surface area contributed by atoms with Gasteiger partial charge in [0.1, 0.15) is 11.9 Å². The van der Waals surface area contributed by atoms with Crippen molar-refractivity contribution < 1.29 is 9.47 Å². The SMILES string of the molecule is CCCc1ccc(OC(C)CNCCOC)cc1. The Kier molecular flexibility index (Phi) is 7.46. The third kappa shape index (κ3) is 6.03. The number of methoxy groups -OCH3 is 1. The lowest BCUT2D eigenvalue weighted by atomic mass is 10.1. The van der Waals surface area contributed by atoms with E-state index in [9.17, 15) is 0 Å². The molecular weight excluding hydrogens is 226 g/mol. The van der Waals surface area contributed by atoms with E-state index in [2.05, 4.69) is 43.4 Å². The zero-order chi connectivity index (χ0) is 13.2. The van der Waals surface area contributed by atoms with Crippen molar-refractivity contribution in [3.05, 3.63) is 29.8 Å². The fraction of sp³-hybridized carbons (Fsp3) is 0.600. The summed E-state index contributed by atoms with van der Waals surface area (Å²) in [5, 5.41) is 3.29. The molecule has 0 heterocycles. The molecule has 1 rings (SSSR count). The minimum atomic E-state index is 0.166. The van der Waals surface area contributed by atoms with Crippen LogP contribution in [0.5, 0.6) is 5.75 Å². The van der Waals surface area contributed by atoms with Gasteiger partial charge in [0, 0.05) is 20.2 Å². The standard InChI is InChI=1S/C15H25NO2/c1-4-5-14-6-8-15(9-7-14)18-13(2)12-16-10-11-17-3/h6-9,13,16H,4-5,10-12H2,1-3H3. The highest BCUT2D eigenvalue weighted by atomic mass is 16.5. The summed E-state index contributed by atoms with van der Waals surface area (Å²) < 4.78 is 10.8. The maximum atomic E-state index is 5.82. The van der Waals surface area contributed by atoms with Gasteiger partial charge in [-0.2, -0.15) is 0 Å². The van der Waals surface area contributed by atoms with Gasteiger partial charge in [0.05, 0.1) is 6.61 Å². The van der Waals surface area contributed by atoms with Crippen LogP contribution in [0.25, 0.3) is 0 Å². The lowest BCUT2D eigenvalue weighted by molar-refractivity contribution is 0.184. The molecule has 1 unspecified atom stereocenters. The number of ether oxygens (including phenoxy) is 2. The van der Waals surface area contributed by atoms with Crippen LogP contribution in [0, 0.1) is 0 Å². The van der Waals surface area contributed by atoms with E-state index < -0.39 is 0 Å². The van der Waals surface area contributed by atoms with Gasteiger partial charge >= 0.3 is 0 Å². The first-order valence-corrected chi connectivity index (χ1v) is 6.71. The average molecular weight is 251 g/mol. The van der Waals surface area contributed by atoms with E-state index in [1.54, 1.807) is 7.11 Å². The molecule has 1 aromatic carbocycles. The molecule has 0 aromatic heterocycles. The summed E-state index contributed by atoms with van der Waals surface area (Å²) in [4.78, 5) is 0. The number of benzene rings is 1. The summed E-state index contributed by atoms with van der Waals surface area (Å²) in [5.74, 6) is 0.941. The van der Waals surface area contributed by atoms with Crippen LogP contribution >= 0.6 is 0 Å². The largest absolute Gasteiger partial charge is 0.489 e. The van der Waals surface area contributed by atoms with Gasteiger partial charge in [-0.15, -0.1) is 0 Å². The molecule has 102 valence electrons. The van der Waals surface area contributed by atoms with Crippen molar-refractivity contribution in [2.75, 3.05) is 26.8 Å². The lowest BCUT2D eigenvalue weighted by Crippen LogP contribution is -2.31. The number of nitrogens with one attached hydrogen (secondary N) is 1. The van der Waals surface area contributed by atoms with Crippen LogP contribution in [0.2, 0.25) is 0 Å². The molecule has 3 heteroatoms. The highest BCUT2D eigenvalue weighted by Gasteiger charge is 2.03. The Bertz CT molecular complexity index is 311. The summed E-state index contributed by atoms with van der Waals surface area (Å²) in [7, 11) is 1.71. The van der Waals surface area contributed by atoms with Gasteiger partial charge in [-0.3, -0.25) is 0 Å². The molecule has 0 saturated carbocycles. The molecule has 0 amide bonds. The van der Waals surface area contributed by atoms with Crippen molar-refractivity contribution in [3.63, 3.8) is 0 Å². The third-order valence-corrected chi connectivity index (χ3v) is 2.71. The van der Waals surface area contributed by atoms with Crippen molar-refractivity contribution >= 4 is 0 Å². The van der Waals surface area contributed by atoms with E-state index in [1.165, 1.54) is 12.0 Å². The number of aryl methyl sites for hydroxylation is 1. The molecule has 0 aliphatic heterocycles. The minimum Gasteiger partial charge on any atom is -0.489 e. The van der Waals surface area contributed by atoms with E-state index in [0.29, 0.717) is 0 Å². The molecule has 0 aliphatic carbocycles. The van der Waals surface area contributed by atoms with Crippen LogP contribution in [0.4, 0.5) is 0 Å². The predicted octanol–water partition coefficient (Wildman–Crippen LogP) is 2.64. The predicted molar refractivity (Wildman–Crippen MR) is 75.3 cm³/mol. The topological polar surface area (TPSA) is 30.5 Å². The maximum absolute atomic E-state index is 5.82. The van der Waals surface area contributed by atoms with Crippen molar-refractivity contribution in [1.82, 2.24) is 5.32 Å². The molecule has 0 fully saturated rings. The normalized spacial score (nSPS) is 12.4. The van der Waals surface area contributed by atoms with Gasteiger partial charge in [0.25, 0.3) is 0 Å². The fourth-order valence-electron chi connectivity index (χ4n) is 1.78. The maximum Gasteiger partial charge on any atom is 0.119 e. The van der Waals surface area contributed by atoms with Gasteiger partial charge in [-0.25, -0.2) is 0 Å². The summed E-state index contributed by atoms with van der Waals surface area (Å²) in [5.41, 5.74) is 1.37. The fourth-order valence-corrected chi connectivity index (χ4v) is 1.78. The Morgan fingerprint density at radius 2 is 1.94 bits per heavy atom. The Balaban J connectivity index is 2.28. The number of rotatable bonds is 9. The first-order valence-electron chi connectivity index (χ1n) is 6.71. The second-order valence-electron chi connectivity index (χ2n) is 4.52. The first-order chi connectivity index (χ1) is 8.76. The Morgan fingerprint density at radius 3 is 2.56 bits per heavy atom. The molecule has 0 spiro atoms. The molecule has 1 N–H and O–H groups in total. The molecule has 0 saturated heterocycles.